The van der Waals surface area contributed by atoms with Crippen LogP contribution < -0.4 is 4.90 Å². The number of likely N-dealkylation sites (N-methyl/N-ethyl adjacent to an activating group) is 1. The zero-order valence-corrected chi connectivity index (χ0v) is 9.48. The molecule has 2 nitrogen and oxygen atoms in total. The van der Waals surface area contributed by atoms with Crippen LogP contribution in [0.15, 0.2) is 24.3 Å². The van der Waals surface area contributed by atoms with Gasteiger partial charge in [0, 0.05) is 12.7 Å². The van der Waals surface area contributed by atoms with E-state index >= 15 is 0 Å². The van der Waals surface area contributed by atoms with Crippen molar-refractivity contribution in [3.63, 3.8) is 0 Å². The van der Waals surface area contributed by atoms with Crippen LogP contribution in [0.1, 0.15) is 24.8 Å². The Kier molecular flexibility index (Phi) is 2.96. The molecule has 15 heavy (non-hydrogen) atoms. The number of aliphatic hydroxyl groups excluding tert-OH is 1. The summed E-state index contributed by atoms with van der Waals surface area (Å²) in [5, 5.41) is 9.83. The smallest absolute Gasteiger partial charge is 0.0743 e. The minimum absolute atomic E-state index is 0.156. The van der Waals surface area contributed by atoms with Crippen molar-refractivity contribution < 1.29 is 5.11 Å². The standard InChI is InChI=1S/C13H19NO/c1-10-6-8-11(9-7-10)14(2)12-4-3-5-13(12)15/h6-9,12-13,15H,3-5H2,1-2H3/t12-,13-/m0/s1. The summed E-state index contributed by atoms with van der Waals surface area (Å²) in [4.78, 5) is 2.21. The van der Waals surface area contributed by atoms with Crippen LogP contribution in [0, 0.1) is 6.92 Å². The Balaban J connectivity index is 2.13. The Hall–Kier alpha value is -1.02. The first-order valence-corrected chi connectivity index (χ1v) is 5.66. The molecule has 1 N–H and O–H groups in total. The van der Waals surface area contributed by atoms with E-state index in [1.54, 1.807) is 0 Å². The van der Waals surface area contributed by atoms with Crippen molar-refractivity contribution in [3.8, 4) is 0 Å². The molecule has 1 aromatic rings. The Morgan fingerprint density at radius 1 is 1.20 bits per heavy atom. The van der Waals surface area contributed by atoms with Gasteiger partial charge in [-0.05, 0) is 38.3 Å². The highest BCUT2D eigenvalue weighted by molar-refractivity contribution is 5.48. The van der Waals surface area contributed by atoms with Crippen LogP contribution in [0.3, 0.4) is 0 Å². The SMILES string of the molecule is Cc1ccc(N(C)[C@H]2CCC[C@@H]2O)cc1. The number of hydrogen-bond donors (Lipinski definition) is 1. The topological polar surface area (TPSA) is 23.5 Å². The van der Waals surface area contributed by atoms with Crippen LogP contribution in [-0.4, -0.2) is 24.3 Å². The number of aryl methyl sites for hydroxylation is 1. The molecular formula is C13H19NO. The average Bonchev–Trinajstić information content (AvgIpc) is 2.65. The molecular weight excluding hydrogens is 186 g/mol. The fourth-order valence-corrected chi connectivity index (χ4v) is 2.34. The molecule has 2 rings (SSSR count). The first-order valence-electron chi connectivity index (χ1n) is 5.66. The lowest BCUT2D eigenvalue weighted by molar-refractivity contribution is 0.163. The minimum Gasteiger partial charge on any atom is -0.391 e. The number of nitrogens with zero attached hydrogens (tertiary/aromatic N) is 1. The summed E-state index contributed by atoms with van der Waals surface area (Å²) in [5.41, 5.74) is 2.48. The molecule has 1 saturated carbocycles. The van der Waals surface area contributed by atoms with Crippen molar-refractivity contribution >= 4 is 5.69 Å². The van der Waals surface area contributed by atoms with Crippen molar-refractivity contribution in [2.45, 2.75) is 38.3 Å². The molecule has 0 radical (unpaired) electrons. The van der Waals surface area contributed by atoms with E-state index in [0.29, 0.717) is 6.04 Å². The first kappa shape index (κ1) is 10.5. The van der Waals surface area contributed by atoms with E-state index in [4.69, 9.17) is 0 Å². The predicted molar refractivity (Wildman–Crippen MR) is 63.2 cm³/mol. The highest BCUT2D eigenvalue weighted by Gasteiger charge is 2.28. The van der Waals surface area contributed by atoms with Crippen molar-refractivity contribution in [1.29, 1.82) is 0 Å². The van der Waals surface area contributed by atoms with Gasteiger partial charge in [0.1, 0.15) is 0 Å². The van der Waals surface area contributed by atoms with Crippen molar-refractivity contribution in [2.24, 2.45) is 0 Å². The third kappa shape index (κ3) is 2.15. The maximum absolute atomic E-state index is 9.83. The summed E-state index contributed by atoms with van der Waals surface area (Å²) in [7, 11) is 2.07. The van der Waals surface area contributed by atoms with Gasteiger partial charge >= 0.3 is 0 Å². The fraction of sp³-hybridized carbons (Fsp3) is 0.538. The molecule has 0 amide bonds. The summed E-state index contributed by atoms with van der Waals surface area (Å²) < 4.78 is 0. The molecule has 1 fully saturated rings. The number of rotatable bonds is 2. The van der Waals surface area contributed by atoms with Gasteiger partial charge in [0.05, 0.1) is 12.1 Å². The molecule has 0 spiro atoms. The van der Waals surface area contributed by atoms with E-state index in [9.17, 15) is 5.11 Å². The molecule has 0 aromatic heterocycles. The summed E-state index contributed by atoms with van der Waals surface area (Å²) >= 11 is 0. The first-order chi connectivity index (χ1) is 7.18. The lowest BCUT2D eigenvalue weighted by atomic mass is 10.1. The van der Waals surface area contributed by atoms with Crippen LogP contribution in [0.25, 0.3) is 0 Å². The van der Waals surface area contributed by atoms with E-state index in [-0.39, 0.29) is 6.10 Å². The maximum atomic E-state index is 9.83. The molecule has 0 heterocycles. The molecule has 2 heteroatoms. The number of anilines is 1. The number of benzene rings is 1. The fourth-order valence-electron chi connectivity index (χ4n) is 2.34. The van der Waals surface area contributed by atoms with Gasteiger partial charge in [-0.3, -0.25) is 0 Å². The molecule has 2 atom stereocenters. The van der Waals surface area contributed by atoms with Gasteiger partial charge in [-0.15, -0.1) is 0 Å². The van der Waals surface area contributed by atoms with Gasteiger partial charge < -0.3 is 10.0 Å². The predicted octanol–water partition coefficient (Wildman–Crippen LogP) is 2.34. The van der Waals surface area contributed by atoms with E-state index in [2.05, 4.69) is 43.1 Å². The zero-order valence-electron chi connectivity index (χ0n) is 9.48. The molecule has 1 aliphatic rings. The van der Waals surface area contributed by atoms with Gasteiger partial charge in [0.15, 0.2) is 0 Å². The summed E-state index contributed by atoms with van der Waals surface area (Å²) in [5.74, 6) is 0. The molecule has 1 aliphatic carbocycles. The molecule has 0 aliphatic heterocycles. The lowest BCUT2D eigenvalue weighted by Crippen LogP contribution is -2.37. The van der Waals surface area contributed by atoms with E-state index in [1.165, 1.54) is 11.3 Å². The summed E-state index contributed by atoms with van der Waals surface area (Å²) in [6.45, 7) is 2.09. The maximum Gasteiger partial charge on any atom is 0.0743 e. The summed E-state index contributed by atoms with van der Waals surface area (Å²) in [6.07, 6.45) is 3.03. The van der Waals surface area contributed by atoms with Crippen molar-refractivity contribution in [3.05, 3.63) is 29.8 Å². The third-order valence-corrected chi connectivity index (χ3v) is 3.38. The van der Waals surface area contributed by atoms with Crippen molar-refractivity contribution in [2.75, 3.05) is 11.9 Å². The molecule has 0 saturated heterocycles. The Morgan fingerprint density at radius 3 is 2.40 bits per heavy atom. The van der Waals surface area contributed by atoms with Crippen LogP contribution in [0.2, 0.25) is 0 Å². The highest BCUT2D eigenvalue weighted by Crippen LogP contribution is 2.27. The second-order valence-electron chi connectivity index (χ2n) is 4.51. The zero-order chi connectivity index (χ0) is 10.8. The monoisotopic (exact) mass is 205 g/mol. The van der Waals surface area contributed by atoms with Crippen LogP contribution in [0.5, 0.6) is 0 Å². The molecule has 0 bridgehead atoms. The molecule has 1 aromatic carbocycles. The molecule has 82 valence electrons. The quantitative estimate of drug-likeness (QED) is 0.801. The van der Waals surface area contributed by atoms with E-state index < -0.39 is 0 Å². The minimum atomic E-state index is -0.156. The van der Waals surface area contributed by atoms with E-state index in [0.717, 1.165) is 19.3 Å². The number of aliphatic hydroxyl groups is 1. The second kappa shape index (κ2) is 4.23. The number of hydrogen-bond acceptors (Lipinski definition) is 2. The highest BCUT2D eigenvalue weighted by atomic mass is 16.3. The van der Waals surface area contributed by atoms with Crippen LogP contribution in [-0.2, 0) is 0 Å². The van der Waals surface area contributed by atoms with Crippen molar-refractivity contribution in [1.82, 2.24) is 0 Å². The third-order valence-electron chi connectivity index (χ3n) is 3.38. The van der Waals surface area contributed by atoms with Gasteiger partial charge in [0.25, 0.3) is 0 Å². The van der Waals surface area contributed by atoms with Gasteiger partial charge in [-0.25, -0.2) is 0 Å². The van der Waals surface area contributed by atoms with E-state index in [1.807, 2.05) is 0 Å². The lowest BCUT2D eigenvalue weighted by Gasteiger charge is -2.29. The summed E-state index contributed by atoms with van der Waals surface area (Å²) in [6, 6.07) is 8.79. The Bertz CT molecular complexity index is 320. The van der Waals surface area contributed by atoms with Gasteiger partial charge in [0.2, 0.25) is 0 Å². The van der Waals surface area contributed by atoms with Gasteiger partial charge in [-0.2, -0.15) is 0 Å². The van der Waals surface area contributed by atoms with Crippen LogP contribution >= 0.6 is 0 Å². The van der Waals surface area contributed by atoms with Gasteiger partial charge in [-0.1, -0.05) is 17.7 Å². The molecule has 0 unspecified atom stereocenters. The normalized spacial score (nSPS) is 25.5. The largest absolute Gasteiger partial charge is 0.391 e. The van der Waals surface area contributed by atoms with Crippen LogP contribution in [0.4, 0.5) is 5.69 Å². The average molecular weight is 205 g/mol. The Labute approximate surface area is 91.5 Å². The second-order valence-corrected chi connectivity index (χ2v) is 4.51. The Morgan fingerprint density at radius 2 is 1.87 bits per heavy atom.